The van der Waals surface area contributed by atoms with Gasteiger partial charge >= 0.3 is 47.7 Å². The maximum Gasteiger partial charge on any atom is 0.413 e. The molecule has 3 aliphatic heterocycles. The number of aromatic nitrogens is 9. The maximum atomic E-state index is 13.3. The van der Waals surface area contributed by atoms with E-state index in [0.29, 0.717) is 59.2 Å². The number of pyridine rings is 6. The molecule has 0 saturated carbocycles. The molecule has 12 rings (SSSR count). The molecule has 538 valence electrons. The highest BCUT2D eigenvalue weighted by Gasteiger charge is 2.37. The van der Waals surface area contributed by atoms with Crippen LogP contribution in [0.1, 0.15) is 152 Å². The fourth-order valence-electron chi connectivity index (χ4n) is 11.4. The van der Waals surface area contributed by atoms with Gasteiger partial charge in [0.05, 0.1) is 64.3 Å². The van der Waals surface area contributed by atoms with Crippen LogP contribution in [0.3, 0.4) is 0 Å². The number of nitrogens with one attached hydrogen (secondary N) is 6. The minimum atomic E-state index is -1.59. The van der Waals surface area contributed by atoms with Gasteiger partial charge in [-0.25, -0.2) is 59.2 Å². The van der Waals surface area contributed by atoms with Crippen molar-refractivity contribution < 1.29 is 52.9 Å². The summed E-state index contributed by atoms with van der Waals surface area (Å²) in [6.07, 6.45) is 14.3. The van der Waals surface area contributed by atoms with Crippen molar-refractivity contribution >= 4 is 147 Å². The number of nitrogens with two attached hydrogens (primary N) is 1. The lowest BCUT2D eigenvalue weighted by molar-refractivity contribution is -0.147. The molecule has 7 amide bonds. The zero-order valence-corrected chi connectivity index (χ0v) is 61.2. The second kappa shape index (κ2) is 33.4. The topological polar surface area (TPSA) is 396 Å². The third-order valence-electron chi connectivity index (χ3n) is 16.5. The number of hydrogen-bond acceptors (Lipinski definition) is 24. The number of carbonyl (C=O) groups excluding carboxylic acids is 7. The average molecular weight is 1450 g/mol. The van der Waals surface area contributed by atoms with Gasteiger partial charge in [0.2, 0.25) is 0 Å². The first kappa shape index (κ1) is 75.9. The molecule has 0 radical (unpaired) electrons. The van der Waals surface area contributed by atoms with Crippen molar-refractivity contribution in [3.8, 4) is 0 Å². The number of aryl methyl sites for hydroxylation is 3. The molecular formula is C70H84N18O11S3. The lowest BCUT2D eigenvalue weighted by Gasteiger charge is -2.38. The number of likely N-dealkylation sites (tertiary alicyclic amines) is 2. The summed E-state index contributed by atoms with van der Waals surface area (Å²) >= 11 is 4.54. The van der Waals surface area contributed by atoms with Gasteiger partial charge in [-0.3, -0.25) is 34.6 Å². The number of nitrogen functional groups attached to an aromatic ring is 1. The summed E-state index contributed by atoms with van der Waals surface area (Å²) in [7, 11) is 0. The van der Waals surface area contributed by atoms with Crippen LogP contribution < -0.4 is 37.6 Å². The Kier molecular flexibility index (Phi) is 24.9. The summed E-state index contributed by atoms with van der Waals surface area (Å²) in [5.74, 6) is -3.00. The Bertz CT molecular complexity index is 4540. The number of carbonyl (C=O) groups is 8. The van der Waals surface area contributed by atoms with E-state index < -0.39 is 58.9 Å². The first-order chi connectivity index (χ1) is 48.3. The summed E-state index contributed by atoms with van der Waals surface area (Å²) in [5, 5.41) is 24.6. The van der Waals surface area contributed by atoms with E-state index in [0.717, 1.165) is 85.9 Å². The van der Waals surface area contributed by atoms with E-state index in [1.54, 1.807) is 119 Å². The standard InChI is InChI=1S/C25H30N6O4S.C20H22N6O2S.C13H17N3O5.C12H15N3S/c1-14-6-7-19(16-9-18-22(27-10-16)36-13-28-18)31(12-14)23(33)21(32)29-17-8-15(2)20(26-11-17)30-24(34)35-25(3,4)5;1-11-3-4-16(13-6-15-19(23-7-13)29-10-24-15)26(9-11)20(28)18(27)25-14-5-12(2)17(21)22-8-14;1-7-5-8(15-10(17)11(18)19)6-14-9(7)16-12(20)21-13(2,3)4;1-8-2-3-10(13-5-8)9-4-11-12(14-6-9)16-7-15-11/h8-11,13-14,19H,6-7,12H2,1-5H3,(H,29,32)(H,26,30,34);5-8,10-11,16H,3-4,9H2,1-2H3,(H2,21,22)(H,25,27);5-6H,1-4H3,(H,15,17)(H,18,19)(H,14,16,20);4,6-8,10,13H,2-3,5H2,1H3/t14-,19+;11-,16+;;8-,10+/m11.1/s1. The second-order valence-corrected chi connectivity index (χ2v) is 29.9. The molecule has 0 spiro atoms. The number of ether oxygens (including phenoxy) is 2. The molecular weight excluding hydrogens is 1370 g/mol. The number of fused-ring (bicyclic) bond motifs is 3. The second-order valence-electron chi connectivity index (χ2n) is 27.4. The molecule has 29 nitrogen and oxygen atoms in total. The number of hydrogen-bond donors (Lipinski definition) is 8. The fraction of sp³-hybridized carbons (Fsp3) is 0.414. The number of carboxylic acids is 1. The van der Waals surface area contributed by atoms with Gasteiger partial charge in [0, 0.05) is 37.7 Å². The minimum absolute atomic E-state index is 0.200. The highest BCUT2D eigenvalue weighted by molar-refractivity contribution is 7.16. The molecule has 0 unspecified atom stereocenters. The number of thiazole rings is 3. The van der Waals surface area contributed by atoms with E-state index in [9.17, 15) is 38.4 Å². The fourth-order valence-corrected chi connectivity index (χ4v) is 13.3. The van der Waals surface area contributed by atoms with Gasteiger partial charge in [0.1, 0.15) is 59.7 Å². The van der Waals surface area contributed by atoms with Crippen LogP contribution in [0.5, 0.6) is 0 Å². The van der Waals surface area contributed by atoms with E-state index >= 15 is 0 Å². The van der Waals surface area contributed by atoms with Crippen LogP contribution in [-0.2, 0) is 38.2 Å². The number of carboxylic acid groups (broad SMARTS) is 1. The third kappa shape index (κ3) is 20.9. The van der Waals surface area contributed by atoms with Gasteiger partial charge in [0.25, 0.3) is 0 Å². The smallest absolute Gasteiger partial charge is 0.413 e. The SMILES string of the molecule is C[C@@H]1CC[C@@H](c2cnc3scnc3c2)NC1.Cc1cc(NC(=O)C(=O)N2C[C@H](C)CC[C@H]2c2cnc3scnc3c2)cnc1N.Cc1cc(NC(=O)C(=O)N2C[C@H](C)CC[C@H]2c2cnc3scnc3c2)cnc1NC(=O)OC(C)(C)C.Cc1cc(NC(=O)C(=O)O)cnc1NC(=O)OC(C)(C)C. The predicted octanol–water partition coefficient (Wildman–Crippen LogP) is 12.1. The number of anilines is 6. The molecule has 12 heterocycles. The van der Waals surface area contributed by atoms with E-state index in [-0.39, 0.29) is 29.5 Å². The van der Waals surface area contributed by atoms with Crippen LogP contribution in [0, 0.1) is 38.5 Å². The molecule has 0 aliphatic carbocycles. The molecule has 0 aromatic carbocycles. The van der Waals surface area contributed by atoms with Crippen molar-refractivity contribution in [2.24, 2.45) is 17.8 Å². The molecule has 0 bridgehead atoms. The summed E-state index contributed by atoms with van der Waals surface area (Å²) < 4.78 is 10.3. The van der Waals surface area contributed by atoms with Crippen molar-refractivity contribution in [3.05, 3.63) is 123 Å². The molecule has 32 heteroatoms. The van der Waals surface area contributed by atoms with Gasteiger partial charge in [-0.1, -0.05) is 20.8 Å². The molecule has 6 atom stereocenters. The number of amides is 7. The maximum absolute atomic E-state index is 13.3. The van der Waals surface area contributed by atoms with E-state index in [1.165, 1.54) is 65.7 Å². The Labute approximate surface area is 601 Å². The van der Waals surface area contributed by atoms with Crippen molar-refractivity contribution in [1.29, 1.82) is 0 Å². The van der Waals surface area contributed by atoms with Crippen LogP contribution in [0.25, 0.3) is 31.0 Å². The highest BCUT2D eigenvalue weighted by atomic mass is 32.1. The van der Waals surface area contributed by atoms with Gasteiger partial charge in [0.15, 0.2) is 0 Å². The number of aliphatic carboxylic acids is 1. The first-order valence-electron chi connectivity index (χ1n) is 33.1. The highest BCUT2D eigenvalue weighted by Crippen LogP contribution is 2.37. The van der Waals surface area contributed by atoms with Gasteiger partial charge in [-0.2, -0.15) is 0 Å². The van der Waals surface area contributed by atoms with Crippen LogP contribution in [0.4, 0.5) is 44.1 Å². The molecule has 9 aromatic heterocycles. The minimum Gasteiger partial charge on any atom is -0.474 e. The molecule has 3 aliphatic rings. The Balaban J connectivity index is 0.000000165. The number of nitrogens with zero attached hydrogens (tertiary/aromatic N) is 11. The van der Waals surface area contributed by atoms with E-state index in [2.05, 4.69) is 104 Å². The van der Waals surface area contributed by atoms with Crippen molar-refractivity contribution in [2.45, 2.75) is 151 Å². The molecule has 3 saturated heterocycles. The van der Waals surface area contributed by atoms with Gasteiger partial charge in [-0.05, 0) is 195 Å². The summed E-state index contributed by atoms with van der Waals surface area (Å²) in [6, 6.07) is 10.9. The van der Waals surface area contributed by atoms with Gasteiger partial charge < -0.3 is 51.4 Å². The van der Waals surface area contributed by atoms with Crippen LogP contribution in [-0.4, -0.2) is 138 Å². The zero-order valence-electron chi connectivity index (χ0n) is 58.7. The predicted molar refractivity (Wildman–Crippen MR) is 392 cm³/mol. The lowest BCUT2D eigenvalue weighted by Crippen LogP contribution is -2.46. The summed E-state index contributed by atoms with van der Waals surface area (Å²) in [6.45, 7) is 24.2. The number of piperidine rings is 3. The number of rotatable bonds is 8. The van der Waals surface area contributed by atoms with Crippen LogP contribution in [0.15, 0.2) is 90.1 Å². The normalized spacial score (nSPS) is 18.2. The van der Waals surface area contributed by atoms with E-state index in [1.807, 2.05) is 23.8 Å². The average Bonchev–Trinajstić information content (AvgIpc) is 0.972. The molecule has 3 fully saturated rings. The monoisotopic (exact) mass is 1450 g/mol. The van der Waals surface area contributed by atoms with Crippen molar-refractivity contribution in [2.75, 3.05) is 52.0 Å². The Morgan fingerprint density at radius 1 is 0.480 bits per heavy atom. The zero-order chi connectivity index (χ0) is 73.7. The Morgan fingerprint density at radius 3 is 1.25 bits per heavy atom. The Morgan fingerprint density at radius 2 is 0.863 bits per heavy atom. The summed E-state index contributed by atoms with van der Waals surface area (Å²) in [5.41, 5.74) is 18.4. The van der Waals surface area contributed by atoms with Crippen LogP contribution >= 0.6 is 34.0 Å². The summed E-state index contributed by atoms with van der Waals surface area (Å²) in [4.78, 5) is 142. The van der Waals surface area contributed by atoms with Crippen molar-refractivity contribution in [1.82, 2.24) is 60.0 Å². The molecule has 9 aromatic rings. The Hall–Kier alpha value is -10.3. The lowest BCUT2D eigenvalue weighted by atomic mass is 9.90. The van der Waals surface area contributed by atoms with Crippen LogP contribution in [0.2, 0.25) is 0 Å². The van der Waals surface area contributed by atoms with Gasteiger partial charge in [-0.15, -0.1) is 34.0 Å². The van der Waals surface area contributed by atoms with E-state index in [4.69, 9.17) is 20.3 Å². The van der Waals surface area contributed by atoms with Crippen molar-refractivity contribution in [3.63, 3.8) is 0 Å². The quantitative estimate of drug-likeness (QED) is 0.0655. The third-order valence-corrected chi connectivity index (χ3v) is 18.7. The largest absolute Gasteiger partial charge is 0.474 e. The molecule has 9 N–H and O–H groups in total. The first-order valence-corrected chi connectivity index (χ1v) is 35.7. The molecule has 102 heavy (non-hydrogen) atoms.